The van der Waals surface area contributed by atoms with E-state index in [1.165, 1.54) is 6.07 Å². The maximum absolute atomic E-state index is 13.6. The fourth-order valence-corrected chi connectivity index (χ4v) is 1.96. The van der Waals surface area contributed by atoms with E-state index in [-0.39, 0.29) is 6.04 Å². The second-order valence-electron chi connectivity index (χ2n) is 4.54. The lowest BCUT2D eigenvalue weighted by Crippen LogP contribution is -2.15. The van der Waals surface area contributed by atoms with Gasteiger partial charge >= 0.3 is 0 Å². The van der Waals surface area contributed by atoms with Crippen molar-refractivity contribution in [2.75, 3.05) is 11.9 Å². The Morgan fingerprint density at radius 3 is 2.60 bits per heavy atom. The number of hydrogen-bond donors (Lipinski definition) is 2. The van der Waals surface area contributed by atoms with Crippen LogP contribution >= 0.6 is 0 Å². The molecule has 3 nitrogen and oxygen atoms in total. The molecule has 0 heterocycles. The number of rotatable bonds is 5. The van der Waals surface area contributed by atoms with Crippen LogP contribution in [0.3, 0.4) is 0 Å². The number of benzene rings is 2. The van der Waals surface area contributed by atoms with E-state index in [0.717, 1.165) is 5.56 Å². The summed E-state index contributed by atoms with van der Waals surface area (Å²) >= 11 is 0. The summed E-state index contributed by atoms with van der Waals surface area (Å²) in [4.78, 5) is 0. The predicted octanol–water partition coefficient (Wildman–Crippen LogP) is 3.20. The zero-order chi connectivity index (χ0) is 14.4. The molecule has 0 fully saturated rings. The fraction of sp³-hybridized carbons (Fsp3) is 0.188. The van der Waals surface area contributed by atoms with Crippen LogP contribution in [0.1, 0.15) is 23.6 Å². The Morgan fingerprint density at radius 2 is 1.95 bits per heavy atom. The highest BCUT2D eigenvalue weighted by Crippen LogP contribution is 2.17. The van der Waals surface area contributed by atoms with Crippen molar-refractivity contribution < 1.29 is 4.39 Å². The monoisotopic (exact) mass is 269 g/mol. The lowest BCUT2D eigenvalue weighted by Gasteiger charge is -2.13. The van der Waals surface area contributed by atoms with Gasteiger partial charge in [-0.05, 0) is 30.2 Å². The topological polar surface area (TPSA) is 61.8 Å². The van der Waals surface area contributed by atoms with Gasteiger partial charge in [-0.2, -0.15) is 5.26 Å². The Balaban J connectivity index is 1.89. The third-order valence-electron chi connectivity index (χ3n) is 3.10. The summed E-state index contributed by atoms with van der Waals surface area (Å²) in [5, 5.41) is 11.7. The Kier molecular flexibility index (Phi) is 4.70. The van der Waals surface area contributed by atoms with Crippen LogP contribution in [0.25, 0.3) is 0 Å². The van der Waals surface area contributed by atoms with Crippen LogP contribution in [-0.2, 0) is 0 Å². The van der Waals surface area contributed by atoms with Crippen molar-refractivity contribution >= 4 is 5.69 Å². The number of nitrogens with zero attached hydrogens (tertiary/aromatic N) is 1. The number of nitrogens with one attached hydrogen (secondary N) is 1. The summed E-state index contributed by atoms with van der Waals surface area (Å²) in [6.07, 6.45) is 0.698. The third kappa shape index (κ3) is 3.56. The highest BCUT2D eigenvalue weighted by atomic mass is 19.1. The van der Waals surface area contributed by atoms with Gasteiger partial charge < -0.3 is 11.1 Å². The van der Waals surface area contributed by atoms with Crippen LogP contribution in [0.2, 0.25) is 0 Å². The van der Waals surface area contributed by atoms with Crippen molar-refractivity contribution in [1.29, 1.82) is 5.26 Å². The molecule has 0 amide bonds. The summed E-state index contributed by atoms with van der Waals surface area (Å²) in [5.41, 5.74) is 7.84. The number of hydrogen-bond acceptors (Lipinski definition) is 3. The average Bonchev–Trinajstić information content (AvgIpc) is 2.49. The summed E-state index contributed by atoms with van der Waals surface area (Å²) < 4.78 is 13.6. The van der Waals surface area contributed by atoms with E-state index >= 15 is 0 Å². The van der Waals surface area contributed by atoms with Crippen LogP contribution < -0.4 is 11.1 Å². The summed E-state index contributed by atoms with van der Waals surface area (Å²) in [6.45, 7) is 0.568. The lowest BCUT2D eigenvalue weighted by molar-refractivity contribution is 0.625. The number of nitriles is 1. The molecule has 4 heteroatoms. The van der Waals surface area contributed by atoms with E-state index in [9.17, 15) is 4.39 Å². The predicted molar refractivity (Wildman–Crippen MR) is 77.6 cm³/mol. The van der Waals surface area contributed by atoms with Crippen molar-refractivity contribution in [3.8, 4) is 6.07 Å². The Morgan fingerprint density at radius 1 is 1.20 bits per heavy atom. The zero-order valence-electron chi connectivity index (χ0n) is 11.0. The van der Waals surface area contributed by atoms with Gasteiger partial charge in [-0.1, -0.05) is 30.3 Å². The van der Waals surface area contributed by atoms with Crippen molar-refractivity contribution in [3.63, 3.8) is 0 Å². The first-order chi connectivity index (χ1) is 9.70. The average molecular weight is 269 g/mol. The van der Waals surface area contributed by atoms with Gasteiger partial charge in [0.15, 0.2) is 0 Å². The minimum Gasteiger partial charge on any atom is -0.383 e. The normalized spacial score (nSPS) is 11.7. The van der Waals surface area contributed by atoms with Gasteiger partial charge in [0, 0.05) is 12.6 Å². The minimum absolute atomic E-state index is 0.0786. The van der Waals surface area contributed by atoms with Gasteiger partial charge in [0.1, 0.15) is 5.82 Å². The van der Waals surface area contributed by atoms with E-state index in [4.69, 9.17) is 11.0 Å². The molecule has 3 N–H and O–H groups in total. The van der Waals surface area contributed by atoms with Crippen molar-refractivity contribution in [1.82, 2.24) is 0 Å². The molecule has 2 aromatic rings. The Hall–Kier alpha value is -2.38. The van der Waals surface area contributed by atoms with E-state index < -0.39 is 5.82 Å². The van der Waals surface area contributed by atoms with Gasteiger partial charge in [0.2, 0.25) is 0 Å². The minimum atomic E-state index is -0.419. The molecule has 0 aliphatic carbocycles. The standard InChI is InChI=1S/C16H16FN3/c17-14-10-12(11-18)6-7-16(14)20-9-8-15(19)13-4-2-1-3-5-13/h1-7,10,15,20H,8-9,19H2. The van der Waals surface area contributed by atoms with Crippen molar-refractivity contribution in [2.24, 2.45) is 5.73 Å². The Bertz CT molecular complexity index is 605. The second kappa shape index (κ2) is 6.69. The molecule has 2 aromatic carbocycles. The molecule has 0 spiro atoms. The maximum Gasteiger partial charge on any atom is 0.147 e. The largest absolute Gasteiger partial charge is 0.383 e. The number of halogens is 1. The van der Waals surface area contributed by atoms with Gasteiger partial charge in [0.25, 0.3) is 0 Å². The van der Waals surface area contributed by atoms with E-state index in [0.29, 0.717) is 24.2 Å². The van der Waals surface area contributed by atoms with Gasteiger partial charge in [-0.3, -0.25) is 0 Å². The number of nitrogens with two attached hydrogens (primary N) is 1. The van der Waals surface area contributed by atoms with Crippen LogP contribution in [0.15, 0.2) is 48.5 Å². The number of anilines is 1. The molecule has 0 radical (unpaired) electrons. The van der Waals surface area contributed by atoms with E-state index in [2.05, 4.69) is 5.32 Å². The third-order valence-corrected chi connectivity index (χ3v) is 3.10. The van der Waals surface area contributed by atoms with E-state index in [1.807, 2.05) is 36.4 Å². The summed E-state index contributed by atoms with van der Waals surface area (Å²) in [6, 6.07) is 16.0. The van der Waals surface area contributed by atoms with Crippen LogP contribution in [-0.4, -0.2) is 6.54 Å². The summed E-state index contributed by atoms with van der Waals surface area (Å²) in [5.74, 6) is -0.419. The molecule has 0 saturated heterocycles. The lowest BCUT2D eigenvalue weighted by atomic mass is 10.1. The quantitative estimate of drug-likeness (QED) is 0.876. The molecule has 0 aromatic heterocycles. The second-order valence-corrected chi connectivity index (χ2v) is 4.54. The highest BCUT2D eigenvalue weighted by molar-refractivity contribution is 5.48. The van der Waals surface area contributed by atoms with E-state index in [1.54, 1.807) is 12.1 Å². The van der Waals surface area contributed by atoms with Crippen molar-refractivity contribution in [3.05, 3.63) is 65.5 Å². The summed E-state index contributed by atoms with van der Waals surface area (Å²) in [7, 11) is 0. The molecule has 1 atom stereocenters. The molecule has 102 valence electrons. The van der Waals surface area contributed by atoms with Crippen LogP contribution in [0.5, 0.6) is 0 Å². The first kappa shape index (κ1) is 14.0. The molecule has 0 bridgehead atoms. The molecule has 20 heavy (non-hydrogen) atoms. The Labute approximate surface area is 117 Å². The molecule has 2 rings (SSSR count). The highest BCUT2D eigenvalue weighted by Gasteiger charge is 2.06. The maximum atomic E-state index is 13.6. The SMILES string of the molecule is N#Cc1ccc(NCCC(N)c2ccccc2)c(F)c1. The van der Waals surface area contributed by atoms with Crippen LogP contribution in [0.4, 0.5) is 10.1 Å². The molecule has 0 aliphatic heterocycles. The first-order valence-electron chi connectivity index (χ1n) is 6.45. The molecular formula is C16H16FN3. The molecular weight excluding hydrogens is 253 g/mol. The molecule has 1 unspecified atom stereocenters. The fourth-order valence-electron chi connectivity index (χ4n) is 1.96. The van der Waals surface area contributed by atoms with Gasteiger partial charge in [-0.25, -0.2) is 4.39 Å². The van der Waals surface area contributed by atoms with Gasteiger partial charge in [0.05, 0.1) is 17.3 Å². The molecule has 0 saturated carbocycles. The smallest absolute Gasteiger partial charge is 0.147 e. The van der Waals surface area contributed by atoms with Crippen LogP contribution in [0, 0.1) is 17.1 Å². The first-order valence-corrected chi connectivity index (χ1v) is 6.45. The van der Waals surface area contributed by atoms with Crippen molar-refractivity contribution in [2.45, 2.75) is 12.5 Å². The zero-order valence-corrected chi connectivity index (χ0v) is 11.0. The molecule has 0 aliphatic rings. The van der Waals surface area contributed by atoms with Gasteiger partial charge in [-0.15, -0.1) is 0 Å².